The molecule has 3 rings (SSSR count). The number of carbonyl (C=O) groups excluding carboxylic acids is 2. The van der Waals surface area contributed by atoms with E-state index in [2.05, 4.69) is 17.8 Å². The van der Waals surface area contributed by atoms with Crippen LogP contribution in [0.15, 0.2) is 72.8 Å². The molecule has 0 spiro atoms. The number of amides is 2. The lowest BCUT2D eigenvalue weighted by atomic mass is 10.1. The molecule has 0 fully saturated rings. The first-order valence-electron chi connectivity index (χ1n) is 11.9. The zero-order chi connectivity index (χ0) is 24.9. The molecule has 0 aromatic heterocycles. The van der Waals surface area contributed by atoms with Crippen molar-refractivity contribution in [3.63, 3.8) is 0 Å². The minimum absolute atomic E-state index is 0.366. The van der Waals surface area contributed by atoms with E-state index in [1.165, 1.54) is 0 Å². The Morgan fingerprint density at radius 1 is 0.629 bits per heavy atom. The number of hydrogen-bond acceptors (Lipinski definition) is 5. The Kier molecular flexibility index (Phi) is 9.99. The molecule has 7 nitrogen and oxygen atoms in total. The van der Waals surface area contributed by atoms with E-state index in [1.54, 1.807) is 36.4 Å². The van der Waals surface area contributed by atoms with Gasteiger partial charge in [-0.25, -0.2) is 0 Å². The first kappa shape index (κ1) is 25.6. The molecule has 2 amide bonds. The topological polar surface area (TPSA) is 85.9 Å². The molecule has 184 valence electrons. The molecule has 2 N–H and O–H groups in total. The Balaban J connectivity index is 1.42. The number of ether oxygens (including phenoxy) is 3. The molecular formula is C28H32N2O5. The summed E-state index contributed by atoms with van der Waals surface area (Å²) in [4.78, 5) is 24.7. The number of hydrazine groups is 1. The minimum Gasteiger partial charge on any atom is -0.494 e. The summed E-state index contributed by atoms with van der Waals surface area (Å²) in [5.74, 6) is 1.43. The number of rotatable bonds is 12. The van der Waals surface area contributed by atoms with Gasteiger partial charge >= 0.3 is 0 Å². The second kappa shape index (κ2) is 13.6. The van der Waals surface area contributed by atoms with Crippen LogP contribution in [0.1, 0.15) is 59.4 Å². The summed E-state index contributed by atoms with van der Waals surface area (Å²) in [5.41, 5.74) is 6.64. The maximum absolute atomic E-state index is 12.4. The number of benzene rings is 3. The van der Waals surface area contributed by atoms with Crippen molar-refractivity contribution in [3.8, 4) is 17.2 Å². The number of unbranched alkanes of at least 4 members (excludes halogenated alkanes) is 2. The molecule has 0 aliphatic rings. The second-order valence-electron chi connectivity index (χ2n) is 7.88. The SMILES string of the molecule is CCCCCOc1ccc(C(=O)NNC(=O)c2ccc(COc3ccc(OCC)cc3)cc2)cc1. The van der Waals surface area contributed by atoms with Gasteiger partial charge in [0, 0.05) is 11.1 Å². The lowest BCUT2D eigenvalue weighted by Crippen LogP contribution is -2.41. The summed E-state index contributed by atoms with van der Waals surface area (Å²) in [6, 6.07) is 21.2. The van der Waals surface area contributed by atoms with E-state index in [0.717, 1.165) is 36.3 Å². The van der Waals surface area contributed by atoms with Crippen LogP contribution in [0.5, 0.6) is 17.2 Å². The van der Waals surface area contributed by atoms with Gasteiger partial charge in [0.2, 0.25) is 0 Å². The molecule has 0 aliphatic heterocycles. The van der Waals surface area contributed by atoms with E-state index in [4.69, 9.17) is 14.2 Å². The Labute approximate surface area is 206 Å². The monoisotopic (exact) mass is 476 g/mol. The Bertz CT molecular complexity index is 1060. The number of carbonyl (C=O) groups is 2. The molecule has 0 saturated carbocycles. The maximum Gasteiger partial charge on any atom is 0.269 e. The van der Waals surface area contributed by atoms with Gasteiger partial charge in [0.05, 0.1) is 13.2 Å². The van der Waals surface area contributed by atoms with E-state index in [-0.39, 0.29) is 0 Å². The highest BCUT2D eigenvalue weighted by molar-refractivity contribution is 5.99. The van der Waals surface area contributed by atoms with Crippen molar-refractivity contribution in [3.05, 3.63) is 89.5 Å². The van der Waals surface area contributed by atoms with Crippen molar-refractivity contribution in [1.82, 2.24) is 10.9 Å². The van der Waals surface area contributed by atoms with Crippen LogP contribution in [0.4, 0.5) is 0 Å². The van der Waals surface area contributed by atoms with E-state index >= 15 is 0 Å². The standard InChI is InChI=1S/C28H32N2O5/c1-3-5-6-19-34-25-13-11-23(12-14-25)28(32)30-29-27(31)22-9-7-21(8-10-22)20-35-26-17-15-24(16-18-26)33-4-2/h7-18H,3-6,19-20H2,1-2H3,(H,29,31)(H,30,32). The fourth-order valence-corrected chi connectivity index (χ4v) is 3.22. The van der Waals surface area contributed by atoms with E-state index in [1.807, 2.05) is 43.3 Å². The van der Waals surface area contributed by atoms with Crippen LogP contribution >= 0.6 is 0 Å². The van der Waals surface area contributed by atoms with Gasteiger partial charge in [-0.1, -0.05) is 31.9 Å². The van der Waals surface area contributed by atoms with Crippen molar-refractivity contribution < 1.29 is 23.8 Å². The van der Waals surface area contributed by atoms with E-state index < -0.39 is 11.8 Å². The predicted octanol–water partition coefficient (Wildman–Crippen LogP) is 5.31. The molecule has 7 heteroatoms. The third-order valence-electron chi connectivity index (χ3n) is 5.18. The molecule has 0 heterocycles. The maximum atomic E-state index is 12.4. The molecular weight excluding hydrogens is 444 g/mol. The van der Waals surface area contributed by atoms with Crippen molar-refractivity contribution in [2.75, 3.05) is 13.2 Å². The molecule has 3 aromatic carbocycles. The average molecular weight is 477 g/mol. The van der Waals surface area contributed by atoms with Crippen LogP contribution < -0.4 is 25.1 Å². The zero-order valence-corrected chi connectivity index (χ0v) is 20.2. The van der Waals surface area contributed by atoms with Gasteiger partial charge < -0.3 is 14.2 Å². The van der Waals surface area contributed by atoms with Gasteiger partial charge in [0.25, 0.3) is 11.8 Å². The molecule has 35 heavy (non-hydrogen) atoms. The molecule has 0 saturated heterocycles. The highest BCUT2D eigenvalue weighted by Gasteiger charge is 2.10. The lowest BCUT2D eigenvalue weighted by Gasteiger charge is -2.10. The number of nitrogens with one attached hydrogen (secondary N) is 2. The first-order chi connectivity index (χ1) is 17.1. The minimum atomic E-state index is -0.409. The van der Waals surface area contributed by atoms with Crippen LogP contribution in [0, 0.1) is 0 Å². The zero-order valence-electron chi connectivity index (χ0n) is 20.2. The summed E-state index contributed by atoms with van der Waals surface area (Å²) in [6.07, 6.45) is 3.26. The third kappa shape index (κ3) is 8.37. The molecule has 0 atom stereocenters. The third-order valence-corrected chi connectivity index (χ3v) is 5.18. The Morgan fingerprint density at radius 2 is 1.11 bits per heavy atom. The van der Waals surface area contributed by atoms with E-state index in [9.17, 15) is 9.59 Å². The smallest absolute Gasteiger partial charge is 0.269 e. The second-order valence-corrected chi connectivity index (χ2v) is 7.88. The lowest BCUT2D eigenvalue weighted by molar-refractivity contribution is 0.0846. The van der Waals surface area contributed by atoms with Crippen LogP contribution in [-0.2, 0) is 6.61 Å². The summed E-state index contributed by atoms with van der Waals surface area (Å²) >= 11 is 0. The van der Waals surface area contributed by atoms with Gasteiger partial charge in [-0.2, -0.15) is 0 Å². The highest BCUT2D eigenvalue weighted by atomic mass is 16.5. The van der Waals surface area contributed by atoms with Crippen LogP contribution in [-0.4, -0.2) is 25.0 Å². The van der Waals surface area contributed by atoms with Gasteiger partial charge in [-0.15, -0.1) is 0 Å². The normalized spacial score (nSPS) is 10.3. The molecule has 0 unspecified atom stereocenters. The summed E-state index contributed by atoms with van der Waals surface area (Å²) in [6.45, 7) is 5.72. The van der Waals surface area contributed by atoms with Crippen molar-refractivity contribution >= 4 is 11.8 Å². The summed E-state index contributed by atoms with van der Waals surface area (Å²) in [7, 11) is 0. The van der Waals surface area contributed by atoms with Gasteiger partial charge in [0.15, 0.2) is 0 Å². The largest absolute Gasteiger partial charge is 0.494 e. The van der Waals surface area contributed by atoms with Crippen molar-refractivity contribution in [1.29, 1.82) is 0 Å². The van der Waals surface area contributed by atoms with Crippen LogP contribution in [0.2, 0.25) is 0 Å². The van der Waals surface area contributed by atoms with Gasteiger partial charge in [-0.05, 0) is 79.6 Å². The Morgan fingerprint density at radius 3 is 1.66 bits per heavy atom. The first-order valence-corrected chi connectivity index (χ1v) is 11.9. The molecule has 0 bridgehead atoms. The van der Waals surface area contributed by atoms with Crippen LogP contribution in [0.3, 0.4) is 0 Å². The summed E-state index contributed by atoms with van der Waals surface area (Å²) in [5, 5.41) is 0. The van der Waals surface area contributed by atoms with Gasteiger partial charge in [-0.3, -0.25) is 20.4 Å². The summed E-state index contributed by atoms with van der Waals surface area (Å²) < 4.78 is 16.8. The fraction of sp³-hybridized carbons (Fsp3) is 0.286. The van der Waals surface area contributed by atoms with Crippen molar-refractivity contribution in [2.45, 2.75) is 39.7 Å². The number of hydrogen-bond donors (Lipinski definition) is 2. The predicted molar refractivity (Wildman–Crippen MR) is 135 cm³/mol. The average Bonchev–Trinajstić information content (AvgIpc) is 2.90. The molecule has 0 radical (unpaired) electrons. The van der Waals surface area contributed by atoms with Crippen LogP contribution in [0.25, 0.3) is 0 Å². The highest BCUT2D eigenvalue weighted by Crippen LogP contribution is 2.19. The quantitative estimate of drug-likeness (QED) is 0.273. The van der Waals surface area contributed by atoms with Gasteiger partial charge in [0.1, 0.15) is 23.9 Å². The van der Waals surface area contributed by atoms with E-state index in [0.29, 0.717) is 36.7 Å². The fourth-order valence-electron chi connectivity index (χ4n) is 3.22. The van der Waals surface area contributed by atoms with Crippen molar-refractivity contribution in [2.24, 2.45) is 0 Å². The Hall–Kier alpha value is -4.00. The molecule has 3 aromatic rings. The molecule has 0 aliphatic carbocycles.